The Labute approximate surface area is 124 Å². The van der Waals surface area contributed by atoms with Crippen LogP contribution in [0.1, 0.15) is 33.3 Å². The summed E-state index contributed by atoms with van der Waals surface area (Å²) in [5.74, 6) is 0. The maximum atomic E-state index is 11.3. The van der Waals surface area contributed by atoms with Crippen LogP contribution in [0.15, 0.2) is 18.2 Å². The van der Waals surface area contributed by atoms with E-state index in [1.807, 2.05) is 0 Å². The molecule has 0 aliphatic rings. The molecule has 0 aromatic heterocycles. The number of carboxylic acid groups (broad SMARTS) is 2. The van der Waals surface area contributed by atoms with E-state index in [0.29, 0.717) is 11.4 Å². The van der Waals surface area contributed by atoms with Crippen molar-refractivity contribution in [3.05, 3.63) is 23.8 Å². The molecule has 0 bridgehead atoms. The third kappa shape index (κ3) is 3.65. The smallest absolute Gasteiger partial charge is 0.141 e. The van der Waals surface area contributed by atoms with Gasteiger partial charge in [0.15, 0.2) is 0 Å². The Bertz CT molecular complexity index is 540. The predicted molar refractivity (Wildman–Crippen MR) is 77.2 cm³/mol. The summed E-state index contributed by atoms with van der Waals surface area (Å²) in [5, 5.41) is 22.6. The Morgan fingerprint density at radius 2 is 1.43 bits per heavy atom. The molecule has 6 nitrogen and oxygen atoms in total. The topological polar surface area (TPSA) is 86.7 Å². The number of hydrogen-bond donors (Lipinski definition) is 0. The zero-order chi connectivity index (χ0) is 16.3. The van der Waals surface area contributed by atoms with Crippen molar-refractivity contribution in [3.63, 3.8) is 0 Å². The third-order valence-corrected chi connectivity index (χ3v) is 3.16. The summed E-state index contributed by atoms with van der Waals surface area (Å²) in [5.41, 5.74) is 1.51. The van der Waals surface area contributed by atoms with Gasteiger partial charge in [0.2, 0.25) is 0 Å². The van der Waals surface area contributed by atoms with Crippen LogP contribution in [0.2, 0.25) is 0 Å². The minimum absolute atomic E-state index is 0.319. The van der Waals surface area contributed by atoms with Crippen LogP contribution in [0, 0.1) is 6.92 Å². The van der Waals surface area contributed by atoms with Crippen LogP contribution in [0.4, 0.5) is 21.0 Å². The van der Waals surface area contributed by atoms with Gasteiger partial charge in [-0.15, -0.1) is 0 Å². The highest BCUT2D eigenvalue weighted by molar-refractivity contribution is 5.90. The summed E-state index contributed by atoms with van der Waals surface area (Å²) >= 11 is 0. The number of hydrogen-bond acceptors (Lipinski definition) is 4. The van der Waals surface area contributed by atoms with Crippen LogP contribution in [0.5, 0.6) is 0 Å². The molecule has 116 valence electrons. The second kappa shape index (κ2) is 6.47. The first-order valence-corrected chi connectivity index (χ1v) is 6.77. The number of amides is 2. The van der Waals surface area contributed by atoms with Crippen LogP contribution in [-0.2, 0) is 0 Å². The lowest BCUT2D eigenvalue weighted by Gasteiger charge is -2.34. The van der Waals surface area contributed by atoms with E-state index in [0.717, 1.165) is 15.4 Å². The van der Waals surface area contributed by atoms with Crippen molar-refractivity contribution in [3.8, 4) is 0 Å². The third-order valence-electron chi connectivity index (χ3n) is 3.16. The van der Waals surface area contributed by atoms with E-state index in [2.05, 4.69) is 0 Å². The van der Waals surface area contributed by atoms with Gasteiger partial charge >= 0.3 is 0 Å². The van der Waals surface area contributed by atoms with E-state index >= 15 is 0 Å². The van der Waals surface area contributed by atoms with Gasteiger partial charge in [-0.05, 0) is 52.3 Å². The maximum Gasteiger partial charge on any atom is 0.141 e. The first-order valence-electron chi connectivity index (χ1n) is 6.77. The lowest BCUT2D eigenvalue weighted by molar-refractivity contribution is -0.247. The lowest BCUT2D eigenvalue weighted by Crippen LogP contribution is -2.47. The van der Waals surface area contributed by atoms with Crippen molar-refractivity contribution in [1.29, 1.82) is 0 Å². The van der Waals surface area contributed by atoms with Gasteiger partial charge in [-0.2, -0.15) is 0 Å². The molecule has 6 heteroatoms. The van der Waals surface area contributed by atoms with Crippen LogP contribution in [0.3, 0.4) is 0 Å². The minimum atomic E-state index is -1.33. The van der Waals surface area contributed by atoms with Crippen molar-refractivity contribution in [2.45, 2.75) is 46.7 Å². The Balaban J connectivity index is 3.39. The summed E-state index contributed by atoms with van der Waals surface area (Å²) < 4.78 is 0. The van der Waals surface area contributed by atoms with Gasteiger partial charge in [-0.3, -0.25) is 0 Å². The highest BCUT2D eigenvalue weighted by Gasteiger charge is 2.18. The largest absolute Gasteiger partial charge is 0.530 e. The minimum Gasteiger partial charge on any atom is -0.530 e. The van der Waals surface area contributed by atoms with E-state index in [9.17, 15) is 19.8 Å². The molecule has 0 N–H and O–H groups in total. The molecule has 1 aromatic carbocycles. The highest BCUT2D eigenvalue weighted by Crippen LogP contribution is 2.28. The number of carbonyl (C=O) groups excluding carboxylic acids is 2. The number of nitrogens with zero attached hydrogens (tertiary/aromatic N) is 2. The van der Waals surface area contributed by atoms with Crippen LogP contribution < -0.4 is 20.0 Å². The first kappa shape index (κ1) is 16.8. The fourth-order valence-corrected chi connectivity index (χ4v) is 2.21. The van der Waals surface area contributed by atoms with Gasteiger partial charge in [0, 0.05) is 23.5 Å². The van der Waals surface area contributed by atoms with Crippen LogP contribution in [0.25, 0.3) is 0 Å². The maximum absolute atomic E-state index is 11.3. The molecule has 0 unspecified atom stereocenters. The lowest BCUT2D eigenvalue weighted by atomic mass is 10.1. The van der Waals surface area contributed by atoms with Crippen molar-refractivity contribution >= 4 is 23.6 Å². The number of anilines is 2. The number of rotatable bonds is 4. The standard InChI is InChI=1S/C15H22N2O4/c1-9(2)16(14(18)19)12-7-6-11(5)13(8-12)17(10(3)4)15(20)21/h6-10H,1-5H3,(H,18,19)(H,20,21)/p-2. The molecule has 0 aliphatic carbocycles. The van der Waals surface area contributed by atoms with Crippen molar-refractivity contribution in [1.82, 2.24) is 0 Å². The average Bonchev–Trinajstić information content (AvgIpc) is 2.31. The van der Waals surface area contributed by atoms with Crippen molar-refractivity contribution in [2.75, 3.05) is 9.80 Å². The molecule has 21 heavy (non-hydrogen) atoms. The zero-order valence-corrected chi connectivity index (χ0v) is 12.9. The first-order chi connectivity index (χ1) is 9.66. The van der Waals surface area contributed by atoms with E-state index in [1.54, 1.807) is 46.8 Å². The summed E-state index contributed by atoms with van der Waals surface area (Å²) in [6.45, 7) is 8.64. The Morgan fingerprint density at radius 3 is 1.81 bits per heavy atom. The van der Waals surface area contributed by atoms with Gasteiger partial charge in [-0.25, -0.2) is 0 Å². The Hall–Kier alpha value is -2.24. The normalized spacial score (nSPS) is 10.8. The van der Waals surface area contributed by atoms with E-state index in [-0.39, 0.29) is 12.1 Å². The SMILES string of the molecule is Cc1ccc(N(C(=O)[O-])C(C)C)cc1N(C(=O)[O-])C(C)C. The quantitative estimate of drug-likeness (QED) is 0.831. The number of benzene rings is 1. The van der Waals surface area contributed by atoms with E-state index in [1.165, 1.54) is 6.07 Å². The van der Waals surface area contributed by atoms with Crippen LogP contribution in [-0.4, -0.2) is 24.3 Å². The second-order valence-corrected chi connectivity index (χ2v) is 5.43. The second-order valence-electron chi connectivity index (χ2n) is 5.43. The van der Waals surface area contributed by atoms with Gasteiger partial charge in [0.25, 0.3) is 0 Å². The predicted octanol–water partition coefficient (Wildman–Crippen LogP) is 1.11. The molecule has 2 amide bonds. The number of aryl methyl sites for hydroxylation is 1. The highest BCUT2D eigenvalue weighted by atomic mass is 16.4. The van der Waals surface area contributed by atoms with Crippen LogP contribution >= 0.6 is 0 Å². The molecule has 1 rings (SSSR count). The fourth-order valence-electron chi connectivity index (χ4n) is 2.21. The molecule has 0 saturated carbocycles. The zero-order valence-electron chi connectivity index (χ0n) is 12.9. The monoisotopic (exact) mass is 292 g/mol. The molecule has 0 aliphatic heterocycles. The average molecular weight is 292 g/mol. The Morgan fingerprint density at radius 1 is 0.952 bits per heavy atom. The van der Waals surface area contributed by atoms with Gasteiger partial charge < -0.3 is 29.6 Å². The Kier molecular flexibility index (Phi) is 5.18. The summed E-state index contributed by atoms with van der Waals surface area (Å²) in [6, 6.07) is 4.20. The molecular weight excluding hydrogens is 272 g/mol. The summed E-state index contributed by atoms with van der Waals surface area (Å²) in [4.78, 5) is 24.7. The van der Waals surface area contributed by atoms with Gasteiger partial charge in [0.05, 0.1) is 0 Å². The number of carbonyl (C=O) groups is 2. The molecule has 0 atom stereocenters. The molecular formula is C15H20N2O4-2. The molecule has 1 aromatic rings. The molecule has 0 saturated heterocycles. The van der Waals surface area contributed by atoms with E-state index in [4.69, 9.17) is 0 Å². The van der Waals surface area contributed by atoms with E-state index < -0.39 is 12.2 Å². The molecule has 0 heterocycles. The fraction of sp³-hybridized carbons (Fsp3) is 0.467. The van der Waals surface area contributed by atoms with Crippen molar-refractivity contribution in [2.24, 2.45) is 0 Å². The molecule has 0 fully saturated rings. The van der Waals surface area contributed by atoms with Gasteiger partial charge in [0.1, 0.15) is 12.2 Å². The molecule has 0 radical (unpaired) electrons. The van der Waals surface area contributed by atoms with Crippen molar-refractivity contribution < 1.29 is 19.8 Å². The summed E-state index contributed by atoms with van der Waals surface area (Å²) in [6.07, 6.45) is -2.65. The molecule has 0 spiro atoms. The summed E-state index contributed by atoms with van der Waals surface area (Å²) in [7, 11) is 0. The van der Waals surface area contributed by atoms with Gasteiger partial charge in [-0.1, -0.05) is 6.07 Å².